The van der Waals surface area contributed by atoms with E-state index >= 15 is 0 Å². The molecule has 0 atom stereocenters. The Balaban J connectivity index is 1.56. The average Bonchev–Trinajstić information content (AvgIpc) is 2.71. The lowest BCUT2D eigenvalue weighted by Gasteiger charge is -2.38. The number of hydrogen-bond donors (Lipinski definition) is 0. The van der Waals surface area contributed by atoms with Crippen LogP contribution in [0.3, 0.4) is 0 Å². The van der Waals surface area contributed by atoms with Crippen molar-refractivity contribution < 1.29 is 4.39 Å². The molecule has 0 aromatic heterocycles. The number of piperidine rings is 1. The molecule has 0 saturated carbocycles. The first-order chi connectivity index (χ1) is 12.8. The lowest BCUT2D eigenvalue weighted by Crippen LogP contribution is -2.36. The second kappa shape index (κ2) is 7.74. The van der Waals surface area contributed by atoms with E-state index in [1.165, 1.54) is 11.1 Å². The van der Waals surface area contributed by atoms with Gasteiger partial charge in [0.25, 0.3) is 0 Å². The minimum atomic E-state index is -0.117. The van der Waals surface area contributed by atoms with Crippen LogP contribution in [-0.2, 0) is 0 Å². The van der Waals surface area contributed by atoms with Crippen LogP contribution in [0.1, 0.15) is 29.9 Å². The van der Waals surface area contributed by atoms with E-state index in [9.17, 15) is 4.39 Å². The number of hydrogen-bond acceptors (Lipinski definition) is 1. The minimum absolute atomic E-state index is 0.117. The Morgan fingerprint density at radius 1 is 0.692 bits per heavy atom. The van der Waals surface area contributed by atoms with Gasteiger partial charge in [0, 0.05) is 19.0 Å². The van der Waals surface area contributed by atoms with E-state index in [-0.39, 0.29) is 5.82 Å². The third-order valence-electron chi connectivity index (χ3n) is 5.52. The summed E-state index contributed by atoms with van der Waals surface area (Å²) in [5.41, 5.74) is 3.49. The van der Waals surface area contributed by atoms with Crippen LogP contribution in [0, 0.1) is 11.7 Å². The second-order valence-electron chi connectivity index (χ2n) is 7.07. The van der Waals surface area contributed by atoms with Crippen LogP contribution in [0.25, 0.3) is 0 Å². The van der Waals surface area contributed by atoms with Crippen molar-refractivity contribution in [2.45, 2.75) is 18.8 Å². The van der Waals surface area contributed by atoms with Crippen molar-refractivity contribution in [2.75, 3.05) is 18.0 Å². The highest BCUT2D eigenvalue weighted by Crippen LogP contribution is 2.38. The van der Waals surface area contributed by atoms with Gasteiger partial charge in [0.05, 0.1) is 5.69 Å². The van der Waals surface area contributed by atoms with Crippen molar-refractivity contribution >= 4 is 5.69 Å². The molecule has 0 bridgehead atoms. The van der Waals surface area contributed by atoms with Crippen LogP contribution in [-0.4, -0.2) is 13.1 Å². The lowest BCUT2D eigenvalue weighted by molar-refractivity contribution is 0.366. The maximum Gasteiger partial charge on any atom is 0.146 e. The van der Waals surface area contributed by atoms with Gasteiger partial charge in [-0.3, -0.25) is 0 Å². The molecule has 0 aliphatic carbocycles. The molecule has 3 aromatic rings. The van der Waals surface area contributed by atoms with Crippen molar-refractivity contribution in [2.24, 2.45) is 5.92 Å². The molecule has 0 spiro atoms. The molecule has 3 aromatic carbocycles. The third-order valence-corrected chi connectivity index (χ3v) is 5.52. The standard InChI is InChI=1S/C24H24FN/c25-22-13-7-8-14-23(22)26-17-15-21(16-18-26)24(19-9-3-1-4-10-19)20-11-5-2-6-12-20/h1-14,21,24H,15-18H2. The van der Waals surface area contributed by atoms with Crippen LogP contribution < -0.4 is 4.90 Å². The topological polar surface area (TPSA) is 3.24 Å². The Hall–Kier alpha value is -2.61. The molecule has 1 heterocycles. The molecule has 132 valence electrons. The number of rotatable bonds is 4. The Bertz CT molecular complexity index is 784. The Labute approximate surface area is 155 Å². The summed E-state index contributed by atoms with van der Waals surface area (Å²) >= 11 is 0. The first-order valence-electron chi connectivity index (χ1n) is 9.42. The van der Waals surface area contributed by atoms with Gasteiger partial charge < -0.3 is 4.90 Å². The molecule has 0 unspecified atom stereocenters. The molecule has 4 rings (SSSR count). The van der Waals surface area contributed by atoms with Gasteiger partial charge in [-0.15, -0.1) is 0 Å². The fourth-order valence-corrected chi connectivity index (χ4v) is 4.24. The summed E-state index contributed by atoms with van der Waals surface area (Å²) in [4.78, 5) is 2.19. The van der Waals surface area contributed by atoms with E-state index in [2.05, 4.69) is 65.6 Å². The molecule has 0 radical (unpaired) electrons. The summed E-state index contributed by atoms with van der Waals surface area (Å²) in [6.07, 6.45) is 2.14. The van der Waals surface area contributed by atoms with E-state index in [0.717, 1.165) is 31.6 Å². The Kier molecular flexibility index (Phi) is 5.01. The van der Waals surface area contributed by atoms with Gasteiger partial charge in [0.1, 0.15) is 5.82 Å². The van der Waals surface area contributed by atoms with E-state index in [1.54, 1.807) is 12.1 Å². The van der Waals surface area contributed by atoms with Crippen molar-refractivity contribution in [3.8, 4) is 0 Å². The lowest BCUT2D eigenvalue weighted by atomic mass is 9.76. The summed E-state index contributed by atoms with van der Waals surface area (Å²) < 4.78 is 14.1. The van der Waals surface area contributed by atoms with Gasteiger partial charge in [-0.05, 0) is 42.0 Å². The SMILES string of the molecule is Fc1ccccc1N1CCC(C(c2ccccc2)c2ccccc2)CC1. The number of nitrogens with zero attached hydrogens (tertiary/aromatic N) is 1. The van der Waals surface area contributed by atoms with Gasteiger partial charge in [0.2, 0.25) is 0 Å². The van der Waals surface area contributed by atoms with Gasteiger partial charge >= 0.3 is 0 Å². The van der Waals surface area contributed by atoms with Gasteiger partial charge in [-0.25, -0.2) is 4.39 Å². The number of benzene rings is 3. The number of halogens is 1. The molecule has 0 amide bonds. The second-order valence-corrected chi connectivity index (χ2v) is 7.07. The predicted molar refractivity (Wildman–Crippen MR) is 106 cm³/mol. The molecule has 0 N–H and O–H groups in total. The van der Waals surface area contributed by atoms with Crippen molar-refractivity contribution in [1.82, 2.24) is 0 Å². The van der Waals surface area contributed by atoms with Crippen LogP contribution in [0.15, 0.2) is 84.9 Å². The Morgan fingerprint density at radius 3 is 1.73 bits per heavy atom. The van der Waals surface area contributed by atoms with Crippen molar-refractivity contribution in [1.29, 1.82) is 0 Å². The molecule has 1 fully saturated rings. The van der Waals surface area contributed by atoms with Crippen LogP contribution in [0.2, 0.25) is 0 Å². The zero-order valence-electron chi connectivity index (χ0n) is 14.9. The highest BCUT2D eigenvalue weighted by molar-refractivity contribution is 5.48. The summed E-state index contributed by atoms with van der Waals surface area (Å²) in [7, 11) is 0. The zero-order chi connectivity index (χ0) is 17.8. The summed E-state index contributed by atoms with van der Waals surface area (Å²) in [6.45, 7) is 1.81. The maximum absolute atomic E-state index is 14.1. The molecule has 2 heteroatoms. The van der Waals surface area contributed by atoms with Crippen LogP contribution >= 0.6 is 0 Å². The highest BCUT2D eigenvalue weighted by atomic mass is 19.1. The van der Waals surface area contributed by atoms with E-state index in [4.69, 9.17) is 0 Å². The minimum Gasteiger partial charge on any atom is -0.369 e. The normalized spacial score (nSPS) is 15.4. The van der Waals surface area contributed by atoms with Crippen molar-refractivity contribution in [3.05, 3.63) is 102 Å². The monoisotopic (exact) mass is 345 g/mol. The molecular weight excluding hydrogens is 321 g/mol. The molecule has 1 nitrogen and oxygen atoms in total. The van der Waals surface area contributed by atoms with E-state index in [1.807, 2.05) is 12.1 Å². The Morgan fingerprint density at radius 2 is 1.19 bits per heavy atom. The third kappa shape index (κ3) is 3.50. The van der Waals surface area contributed by atoms with Crippen molar-refractivity contribution in [3.63, 3.8) is 0 Å². The molecule has 1 aliphatic rings. The summed E-state index contributed by atoms with van der Waals surface area (Å²) in [5, 5.41) is 0. The first-order valence-corrected chi connectivity index (χ1v) is 9.42. The highest BCUT2D eigenvalue weighted by Gasteiger charge is 2.29. The molecular formula is C24H24FN. The fourth-order valence-electron chi connectivity index (χ4n) is 4.24. The van der Waals surface area contributed by atoms with Crippen LogP contribution in [0.4, 0.5) is 10.1 Å². The van der Waals surface area contributed by atoms with Gasteiger partial charge in [0.15, 0.2) is 0 Å². The van der Waals surface area contributed by atoms with E-state index in [0.29, 0.717) is 11.8 Å². The maximum atomic E-state index is 14.1. The van der Waals surface area contributed by atoms with Gasteiger partial charge in [-0.1, -0.05) is 72.8 Å². The summed E-state index contributed by atoms with van der Waals surface area (Å²) in [6, 6.07) is 28.7. The average molecular weight is 345 g/mol. The fraction of sp³-hybridized carbons (Fsp3) is 0.250. The smallest absolute Gasteiger partial charge is 0.146 e. The first kappa shape index (κ1) is 16.8. The molecule has 26 heavy (non-hydrogen) atoms. The van der Waals surface area contributed by atoms with Gasteiger partial charge in [-0.2, -0.15) is 0 Å². The largest absolute Gasteiger partial charge is 0.369 e. The van der Waals surface area contributed by atoms with Crippen LogP contribution in [0.5, 0.6) is 0 Å². The molecule has 1 saturated heterocycles. The van der Waals surface area contributed by atoms with E-state index < -0.39 is 0 Å². The number of anilines is 1. The zero-order valence-corrected chi connectivity index (χ0v) is 14.9. The quantitative estimate of drug-likeness (QED) is 0.571. The number of para-hydroxylation sites is 1. The predicted octanol–water partition coefficient (Wildman–Crippen LogP) is 5.87. The summed E-state index contributed by atoms with van der Waals surface area (Å²) in [5.74, 6) is 0.858. The molecule has 1 aliphatic heterocycles.